The predicted molar refractivity (Wildman–Crippen MR) is 90.7 cm³/mol. The first-order chi connectivity index (χ1) is 10.8. The van der Waals surface area contributed by atoms with Crippen molar-refractivity contribution < 1.29 is 4.79 Å². The van der Waals surface area contributed by atoms with Crippen molar-refractivity contribution in [1.82, 2.24) is 10.2 Å². The van der Waals surface area contributed by atoms with Crippen LogP contribution in [0.15, 0.2) is 47.8 Å². The van der Waals surface area contributed by atoms with E-state index in [0.717, 1.165) is 11.4 Å². The van der Waals surface area contributed by atoms with E-state index >= 15 is 0 Å². The van der Waals surface area contributed by atoms with Gasteiger partial charge in [-0.2, -0.15) is 0 Å². The van der Waals surface area contributed by atoms with Crippen molar-refractivity contribution in [3.8, 4) is 4.90 Å². The number of rotatable bonds is 3. The molecule has 1 aromatic carbocycles. The molecule has 0 saturated carbocycles. The number of carbonyl (C=O) groups is 1. The van der Waals surface area contributed by atoms with Gasteiger partial charge in [-0.3, -0.25) is 4.79 Å². The molecule has 0 spiro atoms. The number of carbonyl (C=O) groups excluding carboxylic acids is 1. The molecule has 2 atom stereocenters. The number of hydrogen-bond acceptors (Lipinski definition) is 2. The normalized spacial score (nSPS) is 27.6. The van der Waals surface area contributed by atoms with Crippen LogP contribution in [-0.4, -0.2) is 36.5 Å². The quantitative estimate of drug-likeness (QED) is 0.882. The topological polar surface area (TPSA) is 32.3 Å². The zero-order valence-electron chi connectivity index (χ0n) is 12.6. The van der Waals surface area contributed by atoms with Crippen LogP contribution < -0.4 is 5.32 Å². The Kier molecular flexibility index (Phi) is 3.72. The summed E-state index contributed by atoms with van der Waals surface area (Å²) in [6.07, 6.45) is 2.46. The van der Waals surface area contributed by atoms with E-state index in [4.69, 9.17) is 0 Å². The average Bonchev–Trinajstić information content (AvgIpc) is 3.06. The van der Waals surface area contributed by atoms with Crippen molar-refractivity contribution in [3.05, 3.63) is 52.7 Å². The minimum atomic E-state index is -0.210. The summed E-state index contributed by atoms with van der Waals surface area (Å²) < 4.78 is 0. The first-order valence-corrected chi connectivity index (χ1v) is 9.30. The lowest BCUT2D eigenvalue weighted by Crippen LogP contribution is -2.57. The fourth-order valence-electron chi connectivity index (χ4n) is 3.67. The van der Waals surface area contributed by atoms with Gasteiger partial charge >= 0.3 is 5.91 Å². The third-order valence-corrected chi connectivity index (χ3v) is 6.90. The number of hydrogen-bond donors (Lipinski definition) is 1. The lowest BCUT2D eigenvalue weighted by Gasteiger charge is -2.44. The zero-order valence-corrected chi connectivity index (χ0v) is 13.4. The first-order valence-electron chi connectivity index (χ1n) is 8.01. The van der Waals surface area contributed by atoms with E-state index in [1.54, 1.807) is 0 Å². The lowest BCUT2D eigenvalue weighted by molar-refractivity contribution is 0.0622. The Hall–Kier alpha value is -1.65. The molecule has 1 N–H and O–H groups in total. The number of nitrogens with zero attached hydrogens (tertiary/aromatic N) is 1. The molecule has 0 aliphatic carbocycles. The Morgan fingerprint density at radius 1 is 1.09 bits per heavy atom. The maximum absolute atomic E-state index is 12.7. The number of piperidine rings is 3. The lowest BCUT2D eigenvalue weighted by atomic mass is 9.84. The van der Waals surface area contributed by atoms with Gasteiger partial charge in [0.25, 0.3) is 0 Å². The molecule has 22 heavy (non-hydrogen) atoms. The van der Waals surface area contributed by atoms with E-state index < -0.39 is 0 Å². The van der Waals surface area contributed by atoms with Crippen LogP contribution in [0.2, 0.25) is 0 Å². The SMILES string of the molecule is O=C(N[C@H]1CN2CCC1CC2)c1ccc[s+]1-c1ccccc1. The molecular formula is C18H21N2OS+. The molecule has 3 saturated heterocycles. The Morgan fingerprint density at radius 3 is 2.55 bits per heavy atom. The molecule has 2 bridgehead atoms. The standard InChI is InChI=1S/C18H20N2OS/c21-18(19-16-13-20-10-8-14(16)9-11-20)17-7-4-12-22(17)15-5-2-1-3-6-15/h1-7,12,14,16H,8-11,13H2/p+1/t16-,22?/m0/s1. The summed E-state index contributed by atoms with van der Waals surface area (Å²) >= 11 is 0. The fourth-order valence-corrected chi connectivity index (χ4v) is 5.40. The molecular weight excluding hydrogens is 292 g/mol. The highest BCUT2D eigenvalue weighted by Gasteiger charge is 2.36. The molecule has 1 aromatic heterocycles. The summed E-state index contributed by atoms with van der Waals surface area (Å²) in [6, 6.07) is 14.6. The molecule has 5 rings (SSSR count). The average molecular weight is 313 g/mol. The Morgan fingerprint density at radius 2 is 1.86 bits per heavy atom. The first kappa shape index (κ1) is 14.0. The summed E-state index contributed by atoms with van der Waals surface area (Å²) in [5.74, 6) is 0.790. The van der Waals surface area contributed by atoms with Gasteiger partial charge in [0.05, 0.1) is 0 Å². The van der Waals surface area contributed by atoms with E-state index in [0.29, 0.717) is 12.0 Å². The monoisotopic (exact) mass is 313 g/mol. The van der Waals surface area contributed by atoms with E-state index in [-0.39, 0.29) is 16.4 Å². The molecule has 3 fully saturated rings. The fraction of sp³-hybridized carbons (Fsp3) is 0.389. The van der Waals surface area contributed by atoms with Crippen LogP contribution in [-0.2, 0) is 0 Å². The summed E-state index contributed by atoms with van der Waals surface area (Å²) in [7, 11) is -0.210. The number of nitrogens with one attached hydrogen (secondary N) is 1. The minimum absolute atomic E-state index is 0.121. The van der Waals surface area contributed by atoms with Gasteiger partial charge in [-0.15, -0.1) is 0 Å². The molecule has 0 radical (unpaired) electrons. The molecule has 1 amide bonds. The second-order valence-corrected chi connectivity index (χ2v) is 8.09. The molecule has 3 aliphatic rings. The van der Waals surface area contributed by atoms with Crippen molar-refractivity contribution in [2.45, 2.75) is 18.9 Å². The molecule has 4 heterocycles. The highest BCUT2D eigenvalue weighted by molar-refractivity contribution is 7.39. The second kappa shape index (κ2) is 5.86. The zero-order chi connectivity index (χ0) is 14.9. The van der Waals surface area contributed by atoms with Gasteiger partial charge in [-0.25, -0.2) is 0 Å². The van der Waals surface area contributed by atoms with Crippen molar-refractivity contribution in [2.75, 3.05) is 19.6 Å². The summed E-state index contributed by atoms with van der Waals surface area (Å²) in [5, 5.41) is 5.45. The molecule has 2 aromatic rings. The predicted octanol–water partition coefficient (Wildman–Crippen LogP) is 3.25. The molecule has 114 valence electrons. The van der Waals surface area contributed by atoms with Crippen LogP contribution >= 0.6 is 10.5 Å². The summed E-state index contributed by atoms with van der Waals surface area (Å²) in [4.78, 5) is 17.3. The number of amides is 1. The number of fused-ring (bicyclic) bond motifs is 3. The van der Waals surface area contributed by atoms with Crippen LogP contribution in [0.3, 0.4) is 0 Å². The van der Waals surface area contributed by atoms with Gasteiger partial charge in [0.1, 0.15) is 5.38 Å². The van der Waals surface area contributed by atoms with Crippen molar-refractivity contribution in [2.24, 2.45) is 5.92 Å². The Labute approximate surface area is 133 Å². The maximum atomic E-state index is 12.7. The van der Waals surface area contributed by atoms with Crippen LogP contribution in [0.5, 0.6) is 0 Å². The highest BCUT2D eigenvalue weighted by atomic mass is 32.2. The van der Waals surface area contributed by atoms with Crippen molar-refractivity contribution in [1.29, 1.82) is 0 Å². The Balaban J connectivity index is 1.53. The Bertz CT molecular complexity index is 659. The van der Waals surface area contributed by atoms with Crippen LogP contribution in [0, 0.1) is 5.92 Å². The smallest absolute Gasteiger partial charge is 0.304 e. The van der Waals surface area contributed by atoms with E-state index in [9.17, 15) is 4.79 Å². The van der Waals surface area contributed by atoms with Gasteiger partial charge in [-0.05, 0) is 50.0 Å². The van der Waals surface area contributed by atoms with Crippen LogP contribution in [0.25, 0.3) is 4.90 Å². The second-order valence-electron chi connectivity index (χ2n) is 6.23. The van der Waals surface area contributed by atoms with E-state index in [2.05, 4.69) is 27.7 Å². The van der Waals surface area contributed by atoms with Crippen molar-refractivity contribution in [3.63, 3.8) is 0 Å². The molecule has 3 nitrogen and oxygen atoms in total. The third kappa shape index (κ3) is 2.57. The van der Waals surface area contributed by atoms with Gasteiger partial charge in [0.2, 0.25) is 4.88 Å². The summed E-state index contributed by atoms with van der Waals surface area (Å²) in [5.41, 5.74) is 0. The number of thiophene rings is 1. The van der Waals surface area contributed by atoms with E-state index in [1.807, 2.05) is 30.3 Å². The van der Waals surface area contributed by atoms with Gasteiger partial charge in [-0.1, -0.05) is 18.2 Å². The maximum Gasteiger partial charge on any atom is 0.304 e. The highest BCUT2D eigenvalue weighted by Crippen LogP contribution is 2.35. The summed E-state index contributed by atoms with van der Waals surface area (Å²) in [6.45, 7) is 3.43. The molecule has 4 heteroatoms. The third-order valence-electron chi connectivity index (χ3n) is 4.89. The van der Waals surface area contributed by atoms with Crippen molar-refractivity contribution >= 4 is 16.4 Å². The van der Waals surface area contributed by atoms with Crippen LogP contribution in [0.1, 0.15) is 22.5 Å². The largest absolute Gasteiger partial charge is 0.344 e. The van der Waals surface area contributed by atoms with Gasteiger partial charge in [0, 0.05) is 29.1 Å². The van der Waals surface area contributed by atoms with Gasteiger partial charge < -0.3 is 10.2 Å². The van der Waals surface area contributed by atoms with E-state index in [1.165, 1.54) is 30.8 Å². The molecule has 3 aliphatic heterocycles. The van der Waals surface area contributed by atoms with Crippen LogP contribution in [0.4, 0.5) is 0 Å². The number of benzene rings is 1. The molecule has 1 unspecified atom stereocenters. The minimum Gasteiger partial charge on any atom is -0.344 e. The van der Waals surface area contributed by atoms with Gasteiger partial charge in [0.15, 0.2) is 4.90 Å².